The largest absolute Gasteiger partial charge is 0.465 e. The summed E-state index contributed by atoms with van der Waals surface area (Å²) in [6.07, 6.45) is 1.01. The summed E-state index contributed by atoms with van der Waals surface area (Å²) in [4.78, 5) is 2.42. The van der Waals surface area contributed by atoms with E-state index in [9.17, 15) is 0 Å². The Morgan fingerprint density at radius 1 is 1.47 bits per heavy atom. The van der Waals surface area contributed by atoms with Crippen molar-refractivity contribution < 1.29 is 4.42 Å². The summed E-state index contributed by atoms with van der Waals surface area (Å²) in [6, 6.07) is 5.27. The minimum Gasteiger partial charge on any atom is -0.465 e. The maximum atomic E-state index is 6.01. The van der Waals surface area contributed by atoms with Gasteiger partial charge in [0.2, 0.25) is 0 Å². The standard InChI is InChI=1S/C12H20N2O/c1-8(2)14-7-10(13)6-11(14)12-5-4-9(3)15-12/h4-5,8,10-11H,6-7,13H2,1-3H3. The molecule has 0 spiro atoms. The molecule has 2 heterocycles. The van der Waals surface area contributed by atoms with Crippen LogP contribution in [-0.2, 0) is 0 Å². The Bertz CT molecular complexity index is 332. The molecule has 2 N–H and O–H groups in total. The predicted molar refractivity (Wildman–Crippen MR) is 60.6 cm³/mol. The number of rotatable bonds is 2. The molecule has 2 unspecified atom stereocenters. The molecule has 3 heteroatoms. The topological polar surface area (TPSA) is 42.4 Å². The van der Waals surface area contributed by atoms with Crippen molar-refractivity contribution in [2.75, 3.05) is 6.54 Å². The molecule has 1 saturated heterocycles. The Morgan fingerprint density at radius 3 is 2.73 bits per heavy atom. The highest BCUT2D eigenvalue weighted by Crippen LogP contribution is 2.33. The van der Waals surface area contributed by atoms with Crippen LogP contribution in [0.4, 0.5) is 0 Å². The molecule has 1 aromatic heterocycles. The van der Waals surface area contributed by atoms with Crippen molar-refractivity contribution in [1.82, 2.24) is 4.90 Å². The van der Waals surface area contributed by atoms with Gasteiger partial charge in [-0.25, -0.2) is 0 Å². The van der Waals surface area contributed by atoms with E-state index in [-0.39, 0.29) is 6.04 Å². The Morgan fingerprint density at radius 2 is 2.20 bits per heavy atom. The van der Waals surface area contributed by atoms with Gasteiger partial charge in [-0.1, -0.05) is 0 Å². The number of nitrogens with two attached hydrogens (primary N) is 1. The summed E-state index contributed by atoms with van der Waals surface area (Å²) in [7, 11) is 0. The van der Waals surface area contributed by atoms with Gasteiger partial charge in [-0.15, -0.1) is 0 Å². The smallest absolute Gasteiger partial charge is 0.121 e. The van der Waals surface area contributed by atoms with Gasteiger partial charge in [-0.3, -0.25) is 4.90 Å². The Hall–Kier alpha value is -0.800. The number of hydrogen-bond acceptors (Lipinski definition) is 3. The van der Waals surface area contributed by atoms with E-state index >= 15 is 0 Å². The third-order valence-corrected chi connectivity index (χ3v) is 3.12. The number of likely N-dealkylation sites (tertiary alicyclic amines) is 1. The van der Waals surface area contributed by atoms with E-state index in [1.807, 2.05) is 13.0 Å². The number of aryl methyl sites for hydroxylation is 1. The lowest BCUT2D eigenvalue weighted by Gasteiger charge is -2.26. The van der Waals surface area contributed by atoms with Gasteiger partial charge in [0.05, 0.1) is 6.04 Å². The summed E-state index contributed by atoms with van der Waals surface area (Å²) >= 11 is 0. The van der Waals surface area contributed by atoms with Crippen molar-refractivity contribution >= 4 is 0 Å². The van der Waals surface area contributed by atoms with Crippen molar-refractivity contribution in [2.24, 2.45) is 5.73 Å². The van der Waals surface area contributed by atoms with Crippen LogP contribution >= 0.6 is 0 Å². The van der Waals surface area contributed by atoms with Crippen LogP contribution in [0.3, 0.4) is 0 Å². The van der Waals surface area contributed by atoms with Crippen molar-refractivity contribution in [1.29, 1.82) is 0 Å². The third-order valence-electron chi connectivity index (χ3n) is 3.12. The van der Waals surface area contributed by atoms with Crippen LogP contribution in [0.5, 0.6) is 0 Å². The van der Waals surface area contributed by atoms with Crippen molar-refractivity contribution in [3.05, 3.63) is 23.7 Å². The Labute approximate surface area is 91.2 Å². The SMILES string of the molecule is Cc1ccc(C2CC(N)CN2C(C)C)o1. The summed E-state index contributed by atoms with van der Waals surface area (Å²) < 4.78 is 5.70. The first-order chi connectivity index (χ1) is 7.08. The zero-order valence-electron chi connectivity index (χ0n) is 9.73. The van der Waals surface area contributed by atoms with Gasteiger partial charge in [0.25, 0.3) is 0 Å². The minimum absolute atomic E-state index is 0.280. The second-order valence-corrected chi connectivity index (χ2v) is 4.75. The second-order valence-electron chi connectivity index (χ2n) is 4.75. The van der Waals surface area contributed by atoms with E-state index in [0.29, 0.717) is 12.1 Å². The first-order valence-corrected chi connectivity index (χ1v) is 5.65. The van der Waals surface area contributed by atoms with Gasteiger partial charge in [-0.2, -0.15) is 0 Å². The molecule has 0 radical (unpaired) electrons. The van der Waals surface area contributed by atoms with Crippen LogP contribution in [0.25, 0.3) is 0 Å². The highest BCUT2D eigenvalue weighted by molar-refractivity contribution is 5.12. The third kappa shape index (κ3) is 2.08. The lowest BCUT2D eigenvalue weighted by molar-refractivity contribution is 0.182. The van der Waals surface area contributed by atoms with E-state index in [1.165, 1.54) is 0 Å². The van der Waals surface area contributed by atoms with Crippen LogP contribution in [0.15, 0.2) is 16.5 Å². The summed E-state index contributed by atoms with van der Waals surface area (Å²) in [5.74, 6) is 2.04. The second kappa shape index (κ2) is 3.99. The van der Waals surface area contributed by atoms with Crippen molar-refractivity contribution in [3.63, 3.8) is 0 Å². The highest BCUT2D eigenvalue weighted by atomic mass is 16.3. The molecule has 0 aliphatic carbocycles. The molecule has 1 aromatic rings. The first-order valence-electron chi connectivity index (χ1n) is 5.65. The average Bonchev–Trinajstić information content (AvgIpc) is 2.71. The van der Waals surface area contributed by atoms with Gasteiger partial charge in [0.15, 0.2) is 0 Å². The van der Waals surface area contributed by atoms with Crippen LogP contribution in [0, 0.1) is 6.92 Å². The molecular formula is C12H20N2O. The monoisotopic (exact) mass is 208 g/mol. The van der Waals surface area contributed by atoms with Gasteiger partial charge in [-0.05, 0) is 39.3 Å². The maximum Gasteiger partial charge on any atom is 0.121 e. The van der Waals surface area contributed by atoms with E-state index in [0.717, 1.165) is 24.5 Å². The molecule has 3 nitrogen and oxygen atoms in total. The van der Waals surface area contributed by atoms with E-state index in [4.69, 9.17) is 10.2 Å². The molecule has 1 fully saturated rings. The molecule has 0 aromatic carbocycles. The molecule has 1 aliphatic heterocycles. The van der Waals surface area contributed by atoms with Crippen molar-refractivity contribution in [3.8, 4) is 0 Å². The number of hydrogen-bond donors (Lipinski definition) is 1. The predicted octanol–water partition coefficient (Wildman–Crippen LogP) is 2.07. The molecule has 2 atom stereocenters. The van der Waals surface area contributed by atoms with Gasteiger partial charge in [0.1, 0.15) is 11.5 Å². The molecule has 2 rings (SSSR count). The fraction of sp³-hybridized carbons (Fsp3) is 0.667. The lowest BCUT2D eigenvalue weighted by Crippen LogP contribution is -2.33. The molecule has 0 bridgehead atoms. The molecule has 15 heavy (non-hydrogen) atoms. The summed E-state index contributed by atoms with van der Waals surface area (Å²) in [6.45, 7) is 7.38. The summed E-state index contributed by atoms with van der Waals surface area (Å²) in [5.41, 5.74) is 6.01. The quantitative estimate of drug-likeness (QED) is 0.809. The molecular weight excluding hydrogens is 188 g/mol. The molecule has 1 aliphatic rings. The highest BCUT2D eigenvalue weighted by Gasteiger charge is 2.34. The Kier molecular flexibility index (Phi) is 2.85. The summed E-state index contributed by atoms with van der Waals surface area (Å²) in [5, 5.41) is 0. The van der Waals surface area contributed by atoms with E-state index in [2.05, 4.69) is 24.8 Å². The fourth-order valence-electron chi connectivity index (χ4n) is 2.38. The zero-order valence-corrected chi connectivity index (χ0v) is 9.73. The average molecular weight is 208 g/mol. The first kappa shape index (κ1) is 10.7. The lowest BCUT2D eigenvalue weighted by atomic mass is 10.1. The van der Waals surface area contributed by atoms with Crippen LogP contribution in [0.2, 0.25) is 0 Å². The van der Waals surface area contributed by atoms with Gasteiger partial charge >= 0.3 is 0 Å². The number of nitrogens with zero attached hydrogens (tertiary/aromatic N) is 1. The van der Waals surface area contributed by atoms with Crippen LogP contribution in [-0.4, -0.2) is 23.5 Å². The maximum absolute atomic E-state index is 6.01. The molecule has 0 saturated carbocycles. The fourth-order valence-corrected chi connectivity index (χ4v) is 2.38. The van der Waals surface area contributed by atoms with Gasteiger partial charge < -0.3 is 10.2 Å². The number of furan rings is 1. The molecule has 84 valence electrons. The Balaban J connectivity index is 2.20. The van der Waals surface area contributed by atoms with Gasteiger partial charge in [0, 0.05) is 18.6 Å². The molecule has 0 amide bonds. The van der Waals surface area contributed by atoms with Crippen LogP contribution in [0.1, 0.15) is 37.8 Å². The van der Waals surface area contributed by atoms with Crippen molar-refractivity contribution in [2.45, 2.75) is 45.3 Å². The zero-order chi connectivity index (χ0) is 11.0. The van der Waals surface area contributed by atoms with Crippen LogP contribution < -0.4 is 5.73 Å². The minimum atomic E-state index is 0.280. The van der Waals surface area contributed by atoms with E-state index in [1.54, 1.807) is 0 Å². The normalized spacial score (nSPS) is 27.8. The van der Waals surface area contributed by atoms with E-state index < -0.39 is 0 Å².